The smallest absolute Gasteiger partial charge is 0.168 e. The molecule has 0 amide bonds. The molecular weight excluding hydrogens is 264 g/mol. The van der Waals surface area contributed by atoms with Gasteiger partial charge < -0.3 is 10.2 Å². The second-order valence-electron chi connectivity index (χ2n) is 5.25. The number of likely N-dealkylation sites (N-methyl/N-ethyl adjacent to an activating group) is 1. The van der Waals surface area contributed by atoms with E-state index < -0.39 is 0 Å². The van der Waals surface area contributed by atoms with E-state index in [2.05, 4.69) is 32.3 Å². The number of anilines is 1. The van der Waals surface area contributed by atoms with Gasteiger partial charge in [-0.3, -0.25) is 0 Å². The van der Waals surface area contributed by atoms with E-state index in [1.807, 2.05) is 41.2 Å². The maximum absolute atomic E-state index is 4.48. The molecule has 0 unspecified atom stereocenters. The van der Waals surface area contributed by atoms with Gasteiger partial charge in [-0.25, -0.2) is 14.6 Å². The van der Waals surface area contributed by atoms with Crippen molar-refractivity contribution in [2.45, 2.75) is 6.04 Å². The van der Waals surface area contributed by atoms with Crippen LogP contribution in [-0.4, -0.2) is 45.9 Å². The van der Waals surface area contributed by atoms with E-state index in [1.165, 1.54) is 0 Å². The Morgan fingerprint density at radius 1 is 1.19 bits per heavy atom. The number of hydrogen-bond acceptors (Lipinski definition) is 5. The van der Waals surface area contributed by atoms with Crippen molar-refractivity contribution in [1.29, 1.82) is 0 Å². The molecule has 0 spiro atoms. The van der Waals surface area contributed by atoms with E-state index in [1.54, 1.807) is 6.33 Å². The molecule has 6 heteroatoms. The van der Waals surface area contributed by atoms with Crippen LogP contribution in [0.15, 0.2) is 42.9 Å². The fraction of sp³-hybridized carbons (Fsp3) is 0.267. The van der Waals surface area contributed by atoms with E-state index in [-0.39, 0.29) is 0 Å². The van der Waals surface area contributed by atoms with Gasteiger partial charge in [-0.15, -0.1) is 0 Å². The highest BCUT2D eigenvalue weighted by molar-refractivity contribution is 5.87. The Morgan fingerprint density at radius 3 is 2.71 bits per heavy atom. The number of rotatable bonds is 3. The predicted octanol–water partition coefficient (Wildman–Crippen LogP) is 1.22. The maximum atomic E-state index is 4.48. The Kier molecular flexibility index (Phi) is 2.82. The van der Waals surface area contributed by atoms with Crippen molar-refractivity contribution in [1.82, 2.24) is 25.1 Å². The molecule has 0 bridgehead atoms. The Morgan fingerprint density at radius 2 is 2.00 bits per heavy atom. The average molecular weight is 280 g/mol. The van der Waals surface area contributed by atoms with Crippen molar-refractivity contribution in [2.75, 3.05) is 25.0 Å². The zero-order valence-corrected chi connectivity index (χ0v) is 11.8. The van der Waals surface area contributed by atoms with Gasteiger partial charge >= 0.3 is 0 Å². The molecule has 3 aromatic rings. The SMILES string of the molecule is CN(c1ncnc2c1cnn2-c1ccccc1)C1CNC1. The minimum Gasteiger partial charge on any atom is -0.353 e. The van der Waals surface area contributed by atoms with Crippen LogP contribution in [0, 0.1) is 0 Å². The first-order chi connectivity index (χ1) is 10.3. The van der Waals surface area contributed by atoms with Gasteiger partial charge in [0.15, 0.2) is 5.65 Å². The monoisotopic (exact) mass is 280 g/mol. The minimum absolute atomic E-state index is 0.489. The zero-order valence-electron chi connectivity index (χ0n) is 11.8. The van der Waals surface area contributed by atoms with Crippen LogP contribution >= 0.6 is 0 Å². The summed E-state index contributed by atoms with van der Waals surface area (Å²) in [5.41, 5.74) is 1.84. The van der Waals surface area contributed by atoms with E-state index in [4.69, 9.17) is 0 Å². The second kappa shape index (κ2) is 4.82. The lowest BCUT2D eigenvalue weighted by Crippen LogP contribution is -2.56. The lowest BCUT2D eigenvalue weighted by molar-refractivity contribution is 0.427. The van der Waals surface area contributed by atoms with Crippen LogP contribution < -0.4 is 10.2 Å². The third-order valence-corrected chi connectivity index (χ3v) is 3.99. The van der Waals surface area contributed by atoms with Gasteiger partial charge in [0.05, 0.1) is 23.3 Å². The number of nitrogens with one attached hydrogen (secondary N) is 1. The average Bonchev–Trinajstić information content (AvgIpc) is 2.90. The molecule has 1 aliphatic heterocycles. The number of para-hydroxylation sites is 1. The van der Waals surface area contributed by atoms with Crippen LogP contribution in [0.2, 0.25) is 0 Å². The van der Waals surface area contributed by atoms with E-state index >= 15 is 0 Å². The van der Waals surface area contributed by atoms with Crippen molar-refractivity contribution >= 4 is 16.9 Å². The second-order valence-corrected chi connectivity index (χ2v) is 5.25. The number of nitrogens with zero attached hydrogens (tertiary/aromatic N) is 5. The molecule has 6 nitrogen and oxygen atoms in total. The zero-order chi connectivity index (χ0) is 14.2. The summed E-state index contributed by atoms with van der Waals surface area (Å²) in [7, 11) is 2.08. The molecule has 1 aliphatic rings. The van der Waals surface area contributed by atoms with E-state index in [9.17, 15) is 0 Å². The van der Waals surface area contributed by atoms with Crippen LogP contribution in [0.4, 0.5) is 5.82 Å². The molecule has 0 saturated carbocycles. The molecule has 1 fully saturated rings. The quantitative estimate of drug-likeness (QED) is 0.782. The van der Waals surface area contributed by atoms with Gasteiger partial charge in [0.2, 0.25) is 0 Å². The number of hydrogen-bond donors (Lipinski definition) is 1. The van der Waals surface area contributed by atoms with E-state index in [0.717, 1.165) is 35.6 Å². The first-order valence-corrected chi connectivity index (χ1v) is 7.02. The highest BCUT2D eigenvalue weighted by Crippen LogP contribution is 2.25. The summed E-state index contributed by atoms with van der Waals surface area (Å²) in [6, 6.07) is 10.5. The molecule has 4 rings (SSSR count). The first kappa shape index (κ1) is 12.3. The van der Waals surface area contributed by atoms with Gasteiger partial charge in [0, 0.05) is 20.1 Å². The lowest BCUT2D eigenvalue weighted by atomic mass is 10.1. The third kappa shape index (κ3) is 1.95. The molecule has 21 heavy (non-hydrogen) atoms. The van der Waals surface area contributed by atoms with Crippen LogP contribution in [0.3, 0.4) is 0 Å². The van der Waals surface area contributed by atoms with Gasteiger partial charge in [0.25, 0.3) is 0 Å². The van der Waals surface area contributed by atoms with Gasteiger partial charge in [-0.1, -0.05) is 18.2 Å². The molecule has 0 radical (unpaired) electrons. The van der Waals surface area contributed by atoms with Crippen molar-refractivity contribution < 1.29 is 0 Å². The minimum atomic E-state index is 0.489. The summed E-state index contributed by atoms with van der Waals surface area (Å²) >= 11 is 0. The molecule has 2 aromatic heterocycles. The summed E-state index contributed by atoms with van der Waals surface area (Å²) < 4.78 is 1.85. The molecule has 0 aliphatic carbocycles. The topological polar surface area (TPSA) is 58.9 Å². The molecule has 1 saturated heterocycles. The van der Waals surface area contributed by atoms with Gasteiger partial charge in [0.1, 0.15) is 12.1 Å². The predicted molar refractivity (Wildman–Crippen MR) is 81.7 cm³/mol. The van der Waals surface area contributed by atoms with Crippen molar-refractivity contribution in [3.63, 3.8) is 0 Å². The molecule has 1 aromatic carbocycles. The largest absolute Gasteiger partial charge is 0.353 e. The van der Waals surface area contributed by atoms with Crippen LogP contribution in [0.25, 0.3) is 16.7 Å². The molecule has 0 atom stereocenters. The Balaban J connectivity index is 1.83. The van der Waals surface area contributed by atoms with Crippen LogP contribution in [-0.2, 0) is 0 Å². The Labute approximate surface area is 122 Å². The summed E-state index contributed by atoms with van der Waals surface area (Å²) in [5, 5.41) is 8.75. The third-order valence-electron chi connectivity index (χ3n) is 3.99. The lowest BCUT2D eigenvalue weighted by Gasteiger charge is -2.36. The highest BCUT2D eigenvalue weighted by Gasteiger charge is 2.24. The molecule has 3 heterocycles. The summed E-state index contributed by atoms with van der Waals surface area (Å²) in [6.07, 6.45) is 3.46. The summed E-state index contributed by atoms with van der Waals surface area (Å²) in [5.74, 6) is 0.939. The maximum Gasteiger partial charge on any atom is 0.168 e. The van der Waals surface area contributed by atoms with E-state index in [0.29, 0.717) is 6.04 Å². The Hall–Kier alpha value is -2.47. The van der Waals surface area contributed by atoms with Crippen LogP contribution in [0.5, 0.6) is 0 Å². The summed E-state index contributed by atoms with van der Waals surface area (Å²) in [6.45, 7) is 1.99. The van der Waals surface area contributed by atoms with Crippen molar-refractivity contribution in [3.05, 3.63) is 42.9 Å². The Bertz CT molecular complexity index is 762. The van der Waals surface area contributed by atoms with Crippen molar-refractivity contribution in [2.24, 2.45) is 0 Å². The number of fused-ring (bicyclic) bond motifs is 1. The molecular formula is C15H16N6. The fourth-order valence-corrected chi connectivity index (χ4v) is 2.59. The fourth-order valence-electron chi connectivity index (χ4n) is 2.59. The molecule has 106 valence electrons. The van der Waals surface area contributed by atoms with Crippen LogP contribution in [0.1, 0.15) is 0 Å². The first-order valence-electron chi connectivity index (χ1n) is 7.02. The standard InChI is InChI=1S/C15H16N6/c1-20(12-7-16-8-12)14-13-9-19-21(15(13)18-10-17-14)11-5-3-2-4-6-11/h2-6,9-10,12,16H,7-8H2,1H3. The van der Waals surface area contributed by atoms with Gasteiger partial charge in [-0.05, 0) is 12.1 Å². The number of benzene rings is 1. The summed E-state index contributed by atoms with van der Waals surface area (Å²) in [4.78, 5) is 11.1. The molecule has 1 N–H and O–H groups in total. The van der Waals surface area contributed by atoms with Gasteiger partial charge in [-0.2, -0.15) is 5.10 Å². The normalized spacial score (nSPS) is 15.1. The number of aromatic nitrogens is 4. The highest BCUT2D eigenvalue weighted by atomic mass is 15.3. The van der Waals surface area contributed by atoms with Crippen molar-refractivity contribution in [3.8, 4) is 5.69 Å².